The molecule has 1 aromatic carbocycles. The molecule has 0 aromatic heterocycles. The van der Waals surface area contributed by atoms with E-state index in [4.69, 9.17) is 5.73 Å². The van der Waals surface area contributed by atoms with Gasteiger partial charge in [0.25, 0.3) is 5.69 Å². The van der Waals surface area contributed by atoms with E-state index in [-0.39, 0.29) is 16.7 Å². The van der Waals surface area contributed by atoms with Crippen LogP contribution in [0.4, 0.5) is 11.4 Å². The summed E-state index contributed by atoms with van der Waals surface area (Å²) in [5, 5.41) is 11.1. The Bertz CT molecular complexity index is 476. The summed E-state index contributed by atoms with van der Waals surface area (Å²) < 4.78 is 0. The molecule has 2 unspecified atom stereocenters. The van der Waals surface area contributed by atoms with Gasteiger partial charge in [-0.25, -0.2) is 0 Å². The average Bonchev–Trinajstić information content (AvgIpc) is 2.38. The highest BCUT2D eigenvalue weighted by Crippen LogP contribution is 2.32. The van der Waals surface area contributed by atoms with Gasteiger partial charge in [-0.1, -0.05) is 19.4 Å². The van der Waals surface area contributed by atoms with Crippen LogP contribution in [0.2, 0.25) is 0 Å². The fraction of sp³-hybridized carbons (Fsp3) is 0.571. The minimum absolute atomic E-state index is 0.191. The number of rotatable bonds is 3. The molecule has 2 rings (SSSR count). The van der Waals surface area contributed by atoms with E-state index < -0.39 is 0 Å². The van der Waals surface area contributed by atoms with Gasteiger partial charge in [0.05, 0.1) is 4.92 Å². The van der Waals surface area contributed by atoms with E-state index in [0.717, 1.165) is 37.2 Å². The van der Waals surface area contributed by atoms with Gasteiger partial charge in [0.1, 0.15) is 5.69 Å². The van der Waals surface area contributed by atoms with Crippen molar-refractivity contribution < 1.29 is 4.92 Å². The Morgan fingerprint density at radius 3 is 2.89 bits per heavy atom. The number of anilines is 1. The van der Waals surface area contributed by atoms with E-state index in [1.807, 2.05) is 13.0 Å². The highest BCUT2D eigenvalue weighted by Gasteiger charge is 2.28. The topological polar surface area (TPSA) is 72.4 Å². The van der Waals surface area contributed by atoms with Crippen molar-refractivity contribution in [2.45, 2.75) is 32.7 Å². The van der Waals surface area contributed by atoms with Crippen LogP contribution in [0, 0.1) is 23.0 Å². The van der Waals surface area contributed by atoms with Crippen LogP contribution in [0.15, 0.2) is 18.2 Å². The molecule has 1 aromatic rings. The van der Waals surface area contributed by atoms with Crippen LogP contribution in [-0.4, -0.2) is 24.1 Å². The van der Waals surface area contributed by atoms with Crippen molar-refractivity contribution in [3.63, 3.8) is 0 Å². The number of piperidine rings is 1. The molecule has 0 saturated carbocycles. The molecule has 1 fully saturated rings. The van der Waals surface area contributed by atoms with E-state index in [0.29, 0.717) is 5.92 Å². The van der Waals surface area contributed by atoms with Crippen LogP contribution in [0.25, 0.3) is 0 Å². The Labute approximate surface area is 113 Å². The number of nitro benzene ring substituents is 1. The van der Waals surface area contributed by atoms with Gasteiger partial charge < -0.3 is 10.6 Å². The van der Waals surface area contributed by atoms with Crippen LogP contribution in [0.5, 0.6) is 0 Å². The molecule has 0 amide bonds. The van der Waals surface area contributed by atoms with Crippen LogP contribution >= 0.6 is 0 Å². The number of nitrogens with zero attached hydrogens (tertiary/aromatic N) is 2. The van der Waals surface area contributed by atoms with E-state index in [9.17, 15) is 10.1 Å². The molecule has 0 aliphatic carbocycles. The van der Waals surface area contributed by atoms with E-state index in [2.05, 4.69) is 11.8 Å². The zero-order valence-electron chi connectivity index (χ0n) is 11.5. The summed E-state index contributed by atoms with van der Waals surface area (Å²) in [5.74, 6) is 0.411. The third kappa shape index (κ3) is 2.87. The number of hydrogen-bond acceptors (Lipinski definition) is 4. The maximum absolute atomic E-state index is 11.1. The van der Waals surface area contributed by atoms with Crippen molar-refractivity contribution >= 4 is 11.4 Å². The Balaban J connectivity index is 2.31. The number of benzene rings is 1. The maximum Gasteiger partial charge on any atom is 0.292 e. The van der Waals surface area contributed by atoms with E-state index >= 15 is 0 Å². The predicted octanol–water partition coefficient (Wildman–Crippen LogP) is 2.47. The molecule has 1 heterocycles. The van der Waals surface area contributed by atoms with Gasteiger partial charge in [-0.2, -0.15) is 0 Å². The highest BCUT2D eigenvalue weighted by molar-refractivity contribution is 5.64. The third-order valence-corrected chi connectivity index (χ3v) is 3.99. The van der Waals surface area contributed by atoms with Crippen molar-refractivity contribution in [2.24, 2.45) is 11.7 Å². The molecule has 1 saturated heterocycles. The molecule has 0 radical (unpaired) electrons. The Morgan fingerprint density at radius 1 is 1.53 bits per heavy atom. The molecule has 2 N–H and O–H groups in total. The summed E-state index contributed by atoms with van der Waals surface area (Å²) in [6.07, 6.45) is 1.90. The minimum atomic E-state index is -0.301. The summed E-state index contributed by atoms with van der Waals surface area (Å²) in [4.78, 5) is 13.0. The van der Waals surface area contributed by atoms with E-state index in [1.165, 1.54) is 0 Å². The molecule has 5 nitrogen and oxygen atoms in total. The monoisotopic (exact) mass is 263 g/mol. The van der Waals surface area contributed by atoms with Gasteiger partial charge in [0.2, 0.25) is 0 Å². The smallest absolute Gasteiger partial charge is 0.292 e. The Hall–Kier alpha value is -1.62. The summed E-state index contributed by atoms with van der Waals surface area (Å²) >= 11 is 0. The quantitative estimate of drug-likeness (QED) is 0.671. The fourth-order valence-electron chi connectivity index (χ4n) is 2.74. The SMILES string of the molecule is CCC1CN(c2cc(C)ccc2[N+](=O)[O-])CCC1N. The lowest BCUT2D eigenvalue weighted by atomic mass is 9.90. The molecule has 104 valence electrons. The zero-order valence-corrected chi connectivity index (χ0v) is 11.5. The van der Waals surface area contributed by atoms with Crippen molar-refractivity contribution in [1.82, 2.24) is 0 Å². The van der Waals surface area contributed by atoms with Gasteiger partial charge in [-0.15, -0.1) is 0 Å². The lowest BCUT2D eigenvalue weighted by molar-refractivity contribution is -0.384. The normalized spacial score (nSPS) is 23.4. The summed E-state index contributed by atoms with van der Waals surface area (Å²) in [6.45, 7) is 5.68. The molecular weight excluding hydrogens is 242 g/mol. The molecule has 0 bridgehead atoms. The zero-order chi connectivity index (χ0) is 14.0. The van der Waals surface area contributed by atoms with Gasteiger partial charge in [0.15, 0.2) is 0 Å². The maximum atomic E-state index is 11.1. The molecule has 1 aliphatic rings. The average molecular weight is 263 g/mol. The Morgan fingerprint density at radius 2 is 2.26 bits per heavy atom. The summed E-state index contributed by atoms with van der Waals surface area (Å²) in [5.41, 5.74) is 8.06. The number of aryl methyl sites for hydroxylation is 1. The third-order valence-electron chi connectivity index (χ3n) is 3.99. The van der Waals surface area contributed by atoms with Crippen molar-refractivity contribution in [1.29, 1.82) is 0 Å². The molecule has 2 atom stereocenters. The highest BCUT2D eigenvalue weighted by atomic mass is 16.6. The molecular formula is C14H21N3O2. The van der Waals surface area contributed by atoms with Gasteiger partial charge in [-0.05, 0) is 30.9 Å². The second-order valence-corrected chi connectivity index (χ2v) is 5.32. The van der Waals surface area contributed by atoms with Gasteiger partial charge in [0, 0.05) is 25.2 Å². The first kappa shape index (κ1) is 13.8. The van der Waals surface area contributed by atoms with E-state index in [1.54, 1.807) is 12.1 Å². The number of nitrogens with two attached hydrogens (primary N) is 1. The Kier molecular flexibility index (Phi) is 4.04. The molecule has 5 heteroatoms. The molecule has 0 spiro atoms. The number of nitro groups is 1. The largest absolute Gasteiger partial charge is 0.366 e. The summed E-state index contributed by atoms with van der Waals surface area (Å²) in [6, 6.07) is 5.50. The first-order valence-corrected chi connectivity index (χ1v) is 6.78. The lowest BCUT2D eigenvalue weighted by Crippen LogP contribution is -2.47. The lowest BCUT2D eigenvalue weighted by Gasteiger charge is -2.37. The second kappa shape index (κ2) is 5.57. The van der Waals surface area contributed by atoms with Crippen molar-refractivity contribution in [2.75, 3.05) is 18.0 Å². The van der Waals surface area contributed by atoms with Gasteiger partial charge >= 0.3 is 0 Å². The van der Waals surface area contributed by atoms with Crippen LogP contribution in [-0.2, 0) is 0 Å². The van der Waals surface area contributed by atoms with Gasteiger partial charge in [-0.3, -0.25) is 10.1 Å². The second-order valence-electron chi connectivity index (χ2n) is 5.32. The first-order chi connectivity index (χ1) is 9.02. The molecule has 1 aliphatic heterocycles. The fourth-order valence-corrected chi connectivity index (χ4v) is 2.74. The standard InChI is InChI=1S/C14H21N3O2/c1-3-11-9-16(7-6-12(11)15)14-8-10(2)4-5-13(14)17(18)19/h4-5,8,11-12H,3,6-7,9,15H2,1-2H3. The van der Waals surface area contributed by atoms with Crippen molar-refractivity contribution in [3.05, 3.63) is 33.9 Å². The number of hydrogen-bond donors (Lipinski definition) is 1. The summed E-state index contributed by atoms with van der Waals surface area (Å²) in [7, 11) is 0. The van der Waals surface area contributed by atoms with Crippen LogP contribution < -0.4 is 10.6 Å². The van der Waals surface area contributed by atoms with Crippen LogP contribution in [0.1, 0.15) is 25.3 Å². The van der Waals surface area contributed by atoms with Crippen LogP contribution in [0.3, 0.4) is 0 Å². The predicted molar refractivity (Wildman–Crippen MR) is 76.4 cm³/mol. The minimum Gasteiger partial charge on any atom is -0.366 e. The first-order valence-electron chi connectivity index (χ1n) is 6.78. The van der Waals surface area contributed by atoms with Crippen molar-refractivity contribution in [3.8, 4) is 0 Å². The molecule has 19 heavy (non-hydrogen) atoms.